The third-order valence-electron chi connectivity index (χ3n) is 3.73. The number of aryl methyl sites for hydroxylation is 1. The van der Waals surface area contributed by atoms with Crippen LogP contribution in [0.3, 0.4) is 0 Å². The van der Waals surface area contributed by atoms with Gasteiger partial charge in [-0.3, -0.25) is 0 Å². The van der Waals surface area contributed by atoms with Crippen LogP contribution in [-0.2, 0) is 5.60 Å². The Morgan fingerprint density at radius 3 is 2.44 bits per heavy atom. The monoisotopic (exact) mass is 250 g/mol. The fraction of sp³-hybridized carbons (Fsp3) is 0.625. The lowest BCUT2D eigenvalue weighted by Crippen LogP contribution is -2.22. The summed E-state index contributed by atoms with van der Waals surface area (Å²) in [6, 6.07) is 4.05. The molecule has 18 heavy (non-hydrogen) atoms. The van der Waals surface area contributed by atoms with E-state index in [1.54, 1.807) is 7.11 Å². The predicted octanol–water partition coefficient (Wildman–Crippen LogP) is 4.10. The summed E-state index contributed by atoms with van der Waals surface area (Å²) >= 11 is 0. The van der Waals surface area contributed by atoms with E-state index < -0.39 is 5.60 Å². The van der Waals surface area contributed by atoms with E-state index in [4.69, 9.17) is 4.74 Å². The molecule has 0 saturated carbocycles. The van der Waals surface area contributed by atoms with Crippen LogP contribution in [0.4, 0.5) is 0 Å². The molecule has 0 fully saturated rings. The maximum absolute atomic E-state index is 10.7. The summed E-state index contributed by atoms with van der Waals surface area (Å²) in [6.07, 6.45) is 4.14. The molecule has 0 amide bonds. The smallest absolute Gasteiger partial charge is 0.128 e. The maximum atomic E-state index is 10.7. The van der Waals surface area contributed by atoms with E-state index in [2.05, 4.69) is 19.9 Å². The average molecular weight is 250 g/mol. The molecule has 0 heterocycles. The standard InChI is InChI=1S/C16H26O2/c1-6-7-8-11-16(4,17)14-10-9-12(2)13(3)15(14)18-5/h9-10,17H,6-8,11H2,1-5H3. The Morgan fingerprint density at radius 1 is 1.22 bits per heavy atom. The highest BCUT2D eigenvalue weighted by atomic mass is 16.5. The van der Waals surface area contributed by atoms with Gasteiger partial charge in [-0.05, 0) is 38.3 Å². The Morgan fingerprint density at radius 2 is 1.89 bits per heavy atom. The van der Waals surface area contributed by atoms with Crippen molar-refractivity contribution >= 4 is 0 Å². The molecule has 2 nitrogen and oxygen atoms in total. The summed E-state index contributed by atoms with van der Waals surface area (Å²) in [6.45, 7) is 8.16. The van der Waals surface area contributed by atoms with E-state index in [9.17, 15) is 5.11 Å². The largest absolute Gasteiger partial charge is 0.496 e. The summed E-state index contributed by atoms with van der Waals surface area (Å²) in [5.41, 5.74) is 2.41. The van der Waals surface area contributed by atoms with Crippen molar-refractivity contribution < 1.29 is 9.84 Å². The summed E-state index contributed by atoms with van der Waals surface area (Å²) in [7, 11) is 1.67. The second-order valence-corrected chi connectivity index (χ2v) is 5.32. The summed E-state index contributed by atoms with van der Waals surface area (Å²) in [5, 5.41) is 10.7. The molecule has 0 saturated heterocycles. The highest BCUT2D eigenvalue weighted by Crippen LogP contribution is 2.37. The Labute approximate surface area is 111 Å². The summed E-state index contributed by atoms with van der Waals surface area (Å²) in [5.74, 6) is 0.830. The van der Waals surface area contributed by atoms with E-state index in [0.717, 1.165) is 36.1 Å². The van der Waals surface area contributed by atoms with Gasteiger partial charge in [-0.1, -0.05) is 38.3 Å². The molecule has 1 atom stereocenters. The number of ether oxygens (including phenoxy) is 1. The number of benzene rings is 1. The normalized spacial score (nSPS) is 14.3. The van der Waals surface area contributed by atoms with Crippen LogP contribution < -0.4 is 4.74 Å². The van der Waals surface area contributed by atoms with Crippen LogP contribution in [0.2, 0.25) is 0 Å². The molecule has 1 rings (SSSR count). The third-order valence-corrected chi connectivity index (χ3v) is 3.73. The van der Waals surface area contributed by atoms with Crippen molar-refractivity contribution in [1.29, 1.82) is 0 Å². The zero-order valence-electron chi connectivity index (χ0n) is 12.3. The predicted molar refractivity (Wildman–Crippen MR) is 76.2 cm³/mol. The van der Waals surface area contributed by atoms with Crippen LogP contribution in [0.25, 0.3) is 0 Å². The van der Waals surface area contributed by atoms with Gasteiger partial charge in [-0.15, -0.1) is 0 Å². The number of methoxy groups -OCH3 is 1. The van der Waals surface area contributed by atoms with Crippen molar-refractivity contribution in [3.8, 4) is 5.75 Å². The number of hydrogen-bond donors (Lipinski definition) is 1. The first kappa shape index (κ1) is 15.0. The number of hydrogen-bond acceptors (Lipinski definition) is 2. The first-order valence-corrected chi connectivity index (χ1v) is 6.81. The van der Waals surface area contributed by atoms with Gasteiger partial charge in [0.2, 0.25) is 0 Å². The van der Waals surface area contributed by atoms with E-state index in [0.29, 0.717) is 0 Å². The van der Waals surface area contributed by atoms with E-state index >= 15 is 0 Å². The molecule has 1 N–H and O–H groups in total. The van der Waals surface area contributed by atoms with E-state index in [1.165, 1.54) is 12.0 Å². The molecule has 102 valence electrons. The van der Waals surface area contributed by atoms with Gasteiger partial charge in [0.15, 0.2) is 0 Å². The minimum Gasteiger partial charge on any atom is -0.496 e. The van der Waals surface area contributed by atoms with Crippen molar-refractivity contribution in [2.24, 2.45) is 0 Å². The minimum absolute atomic E-state index is 0.777. The average Bonchev–Trinajstić information content (AvgIpc) is 2.32. The van der Waals surface area contributed by atoms with Gasteiger partial charge >= 0.3 is 0 Å². The van der Waals surface area contributed by atoms with Crippen LogP contribution in [0, 0.1) is 13.8 Å². The van der Waals surface area contributed by atoms with Crippen molar-refractivity contribution in [2.45, 2.75) is 59.0 Å². The van der Waals surface area contributed by atoms with E-state index in [1.807, 2.05) is 19.9 Å². The second kappa shape index (κ2) is 6.24. The van der Waals surface area contributed by atoms with Crippen LogP contribution in [0.1, 0.15) is 56.2 Å². The third kappa shape index (κ3) is 3.26. The van der Waals surface area contributed by atoms with Gasteiger partial charge < -0.3 is 9.84 Å². The van der Waals surface area contributed by atoms with Crippen LogP contribution in [-0.4, -0.2) is 12.2 Å². The molecule has 0 aliphatic heterocycles. The van der Waals surface area contributed by atoms with Gasteiger partial charge in [-0.25, -0.2) is 0 Å². The zero-order valence-corrected chi connectivity index (χ0v) is 12.3. The van der Waals surface area contributed by atoms with Gasteiger partial charge in [-0.2, -0.15) is 0 Å². The van der Waals surface area contributed by atoms with Gasteiger partial charge in [0, 0.05) is 5.56 Å². The first-order valence-electron chi connectivity index (χ1n) is 6.81. The fourth-order valence-corrected chi connectivity index (χ4v) is 2.33. The SMILES string of the molecule is CCCCCC(C)(O)c1ccc(C)c(C)c1OC. The molecule has 2 heteroatoms. The second-order valence-electron chi connectivity index (χ2n) is 5.32. The van der Waals surface area contributed by atoms with Crippen LogP contribution >= 0.6 is 0 Å². The molecule has 0 radical (unpaired) electrons. The lowest BCUT2D eigenvalue weighted by Gasteiger charge is -2.27. The topological polar surface area (TPSA) is 29.5 Å². The molecule has 1 aromatic rings. The molecule has 0 bridgehead atoms. The molecule has 0 aliphatic carbocycles. The van der Waals surface area contributed by atoms with Crippen molar-refractivity contribution in [3.05, 3.63) is 28.8 Å². The lowest BCUT2D eigenvalue weighted by molar-refractivity contribution is 0.0424. The number of aliphatic hydroxyl groups is 1. The molecule has 1 aromatic carbocycles. The quantitative estimate of drug-likeness (QED) is 0.770. The van der Waals surface area contributed by atoms with Crippen LogP contribution in [0.5, 0.6) is 5.75 Å². The maximum Gasteiger partial charge on any atom is 0.128 e. The Balaban J connectivity index is 3.04. The van der Waals surface area contributed by atoms with Crippen molar-refractivity contribution in [1.82, 2.24) is 0 Å². The molecule has 0 aromatic heterocycles. The fourth-order valence-electron chi connectivity index (χ4n) is 2.33. The number of unbranched alkanes of at least 4 members (excludes halogenated alkanes) is 2. The van der Waals surface area contributed by atoms with Gasteiger partial charge in [0.1, 0.15) is 5.75 Å². The van der Waals surface area contributed by atoms with E-state index in [-0.39, 0.29) is 0 Å². The zero-order chi connectivity index (χ0) is 13.8. The van der Waals surface area contributed by atoms with Gasteiger partial charge in [0.05, 0.1) is 12.7 Å². The molecular formula is C16H26O2. The highest BCUT2D eigenvalue weighted by Gasteiger charge is 2.27. The minimum atomic E-state index is -0.807. The molecule has 0 aliphatic rings. The van der Waals surface area contributed by atoms with Gasteiger partial charge in [0.25, 0.3) is 0 Å². The van der Waals surface area contributed by atoms with Crippen molar-refractivity contribution in [2.75, 3.05) is 7.11 Å². The highest BCUT2D eigenvalue weighted by molar-refractivity contribution is 5.47. The lowest BCUT2D eigenvalue weighted by atomic mass is 9.87. The number of rotatable bonds is 6. The Hall–Kier alpha value is -1.02. The molecule has 0 spiro atoms. The van der Waals surface area contributed by atoms with Crippen molar-refractivity contribution in [3.63, 3.8) is 0 Å². The summed E-state index contributed by atoms with van der Waals surface area (Å²) < 4.78 is 5.49. The van der Waals surface area contributed by atoms with Crippen LogP contribution in [0.15, 0.2) is 12.1 Å². The molecular weight excluding hydrogens is 224 g/mol. The Kier molecular flexibility index (Phi) is 5.21. The first-order chi connectivity index (χ1) is 8.44. The summed E-state index contributed by atoms with van der Waals surface area (Å²) in [4.78, 5) is 0. The molecule has 1 unspecified atom stereocenters. The Bertz CT molecular complexity index is 394.